The number of nitrogens with one attached hydrogen (secondary N) is 1. The van der Waals surface area contributed by atoms with Gasteiger partial charge in [-0.1, -0.05) is 23.5 Å². The number of fused-ring (bicyclic) bond motifs is 1. The van der Waals surface area contributed by atoms with Crippen LogP contribution in [0.2, 0.25) is 0 Å². The lowest BCUT2D eigenvalue weighted by molar-refractivity contribution is -0.384. The molecule has 0 spiro atoms. The van der Waals surface area contributed by atoms with Crippen molar-refractivity contribution in [2.24, 2.45) is 10.2 Å². The number of benzene rings is 2. The van der Waals surface area contributed by atoms with Crippen molar-refractivity contribution in [1.29, 1.82) is 0 Å². The van der Waals surface area contributed by atoms with E-state index in [1.807, 2.05) is 24.3 Å². The smallest absolute Gasteiger partial charge is 0.291 e. The van der Waals surface area contributed by atoms with Crippen molar-refractivity contribution in [3.05, 3.63) is 74.7 Å². The molecule has 1 N–H and O–H groups in total. The number of rotatable bonds is 4. The first kappa shape index (κ1) is 16.8. The molecule has 0 aliphatic heterocycles. The van der Waals surface area contributed by atoms with E-state index in [1.54, 1.807) is 6.92 Å². The highest BCUT2D eigenvalue weighted by atomic mass is 32.1. The third-order valence-electron chi connectivity index (χ3n) is 3.84. The third-order valence-corrected chi connectivity index (χ3v) is 4.86. The van der Waals surface area contributed by atoms with Gasteiger partial charge in [0.05, 0.1) is 26.5 Å². The number of aryl methyl sites for hydroxylation is 1. The third kappa shape index (κ3) is 3.13. The van der Waals surface area contributed by atoms with E-state index >= 15 is 0 Å². The number of thiazole rings is 1. The van der Waals surface area contributed by atoms with E-state index in [9.17, 15) is 14.9 Å². The summed E-state index contributed by atoms with van der Waals surface area (Å²) < 4.78 is 2.31. The number of hydrogen-bond donors (Lipinski definition) is 1. The first-order chi connectivity index (χ1) is 13.0. The molecule has 0 bridgehead atoms. The second-order valence-corrected chi connectivity index (χ2v) is 6.67. The second kappa shape index (κ2) is 6.57. The number of nitro benzene ring substituents is 1. The van der Waals surface area contributed by atoms with E-state index in [0.717, 1.165) is 10.2 Å². The molecule has 0 saturated heterocycles. The van der Waals surface area contributed by atoms with Gasteiger partial charge in [0, 0.05) is 12.1 Å². The highest BCUT2D eigenvalue weighted by Gasteiger charge is 2.15. The molecular weight excluding hydrogens is 368 g/mol. The molecule has 4 aromatic rings. The summed E-state index contributed by atoms with van der Waals surface area (Å²) in [5, 5.41) is 22.2. The van der Waals surface area contributed by atoms with Crippen LogP contribution in [-0.2, 0) is 0 Å². The van der Waals surface area contributed by atoms with Crippen molar-refractivity contribution in [2.45, 2.75) is 6.92 Å². The van der Waals surface area contributed by atoms with Crippen molar-refractivity contribution in [3.63, 3.8) is 0 Å². The van der Waals surface area contributed by atoms with Gasteiger partial charge >= 0.3 is 5.56 Å². The van der Waals surface area contributed by atoms with Crippen LogP contribution >= 0.6 is 11.3 Å². The Morgan fingerprint density at radius 1 is 1.15 bits per heavy atom. The molecule has 9 nitrogen and oxygen atoms in total. The van der Waals surface area contributed by atoms with Crippen LogP contribution in [0.5, 0.6) is 0 Å². The van der Waals surface area contributed by atoms with Gasteiger partial charge in [-0.2, -0.15) is 9.80 Å². The van der Waals surface area contributed by atoms with Gasteiger partial charge in [-0.25, -0.2) is 4.98 Å². The molecule has 0 unspecified atom stereocenters. The molecule has 0 aliphatic rings. The van der Waals surface area contributed by atoms with Gasteiger partial charge in [-0.15, -0.1) is 5.11 Å². The summed E-state index contributed by atoms with van der Waals surface area (Å²) in [5.74, 6) is 0. The highest BCUT2D eigenvalue weighted by Crippen LogP contribution is 2.25. The number of non-ortho nitro benzene ring substituents is 1. The molecule has 0 aliphatic carbocycles. The fourth-order valence-electron chi connectivity index (χ4n) is 2.49. The van der Waals surface area contributed by atoms with E-state index in [1.165, 1.54) is 40.3 Å². The number of para-hydroxylation sites is 1. The van der Waals surface area contributed by atoms with Crippen LogP contribution in [0.25, 0.3) is 15.3 Å². The minimum Gasteiger partial charge on any atom is -0.291 e. The summed E-state index contributed by atoms with van der Waals surface area (Å²) >= 11 is 1.39. The number of aromatic nitrogens is 3. The van der Waals surface area contributed by atoms with E-state index in [0.29, 0.717) is 16.5 Å². The van der Waals surface area contributed by atoms with Crippen LogP contribution in [-0.4, -0.2) is 19.7 Å². The van der Waals surface area contributed by atoms with Gasteiger partial charge in [-0.3, -0.25) is 20.0 Å². The van der Waals surface area contributed by atoms with E-state index < -0.39 is 4.92 Å². The van der Waals surface area contributed by atoms with Crippen molar-refractivity contribution < 1.29 is 4.92 Å². The largest absolute Gasteiger partial charge is 0.301 e. The van der Waals surface area contributed by atoms with Gasteiger partial charge in [0.15, 0.2) is 5.69 Å². The van der Waals surface area contributed by atoms with Gasteiger partial charge in [0.2, 0.25) is 5.13 Å². The summed E-state index contributed by atoms with van der Waals surface area (Å²) in [6.45, 7) is 1.72. The maximum atomic E-state index is 12.7. The summed E-state index contributed by atoms with van der Waals surface area (Å²) in [4.78, 5) is 27.3. The number of nitrogens with zero attached hydrogens (tertiary/aromatic N) is 5. The van der Waals surface area contributed by atoms with Crippen LogP contribution in [0.15, 0.2) is 63.6 Å². The molecule has 0 fully saturated rings. The Balaban J connectivity index is 1.68. The average Bonchev–Trinajstić information content (AvgIpc) is 3.21. The predicted octanol–water partition coefficient (Wildman–Crippen LogP) is 4.41. The molecule has 0 saturated carbocycles. The van der Waals surface area contributed by atoms with Crippen molar-refractivity contribution in [1.82, 2.24) is 14.8 Å². The van der Waals surface area contributed by atoms with Crippen LogP contribution in [0, 0.1) is 17.0 Å². The van der Waals surface area contributed by atoms with E-state index in [2.05, 4.69) is 20.3 Å². The van der Waals surface area contributed by atoms with Crippen molar-refractivity contribution in [2.75, 3.05) is 0 Å². The number of aromatic amines is 1. The lowest BCUT2D eigenvalue weighted by atomic mass is 10.3. The summed E-state index contributed by atoms with van der Waals surface area (Å²) in [5.41, 5.74) is 1.53. The van der Waals surface area contributed by atoms with E-state index in [4.69, 9.17) is 0 Å². The SMILES string of the molecule is Cc1[nH]n(-c2nc3ccccc3s2)c(=O)c1N=Nc1ccc([N+](=O)[O-])cc1. The van der Waals surface area contributed by atoms with Crippen molar-refractivity contribution in [3.8, 4) is 5.13 Å². The van der Waals surface area contributed by atoms with Crippen LogP contribution < -0.4 is 5.56 Å². The van der Waals surface area contributed by atoms with E-state index in [-0.39, 0.29) is 16.9 Å². The number of hydrogen-bond acceptors (Lipinski definition) is 7. The molecule has 0 atom stereocenters. The second-order valence-electron chi connectivity index (χ2n) is 5.66. The zero-order chi connectivity index (χ0) is 19.0. The van der Waals surface area contributed by atoms with Gasteiger partial charge in [0.1, 0.15) is 0 Å². The molecule has 2 heterocycles. The maximum Gasteiger partial charge on any atom is 0.301 e. The zero-order valence-electron chi connectivity index (χ0n) is 14.0. The Bertz CT molecular complexity index is 1200. The summed E-state index contributed by atoms with van der Waals surface area (Å²) in [6.07, 6.45) is 0. The van der Waals surface area contributed by atoms with Crippen molar-refractivity contribution >= 4 is 38.6 Å². The lowest BCUT2D eigenvalue weighted by Gasteiger charge is -1.92. The molecule has 134 valence electrons. The molecule has 0 radical (unpaired) electrons. The number of azo groups is 1. The molecule has 4 rings (SSSR count). The molecule has 2 aromatic carbocycles. The Kier molecular flexibility index (Phi) is 4.09. The van der Waals surface area contributed by atoms with Crippen LogP contribution in [0.1, 0.15) is 5.69 Å². The van der Waals surface area contributed by atoms with Gasteiger partial charge < -0.3 is 0 Å². The molecule has 27 heavy (non-hydrogen) atoms. The molecule has 2 aromatic heterocycles. The van der Waals surface area contributed by atoms with Crippen LogP contribution in [0.3, 0.4) is 0 Å². The van der Waals surface area contributed by atoms with Crippen LogP contribution in [0.4, 0.5) is 17.1 Å². The minimum absolute atomic E-state index is 0.0371. The Labute approximate surface area is 155 Å². The molecular formula is C17H12N6O3S. The average molecular weight is 380 g/mol. The normalized spacial score (nSPS) is 11.4. The monoisotopic (exact) mass is 380 g/mol. The minimum atomic E-state index is -0.492. The first-order valence-electron chi connectivity index (χ1n) is 7.87. The quantitative estimate of drug-likeness (QED) is 0.320. The highest BCUT2D eigenvalue weighted by molar-refractivity contribution is 7.20. The molecule has 10 heteroatoms. The Hall–Kier alpha value is -3.66. The first-order valence-corrected chi connectivity index (χ1v) is 8.68. The molecule has 0 amide bonds. The predicted molar refractivity (Wildman–Crippen MR) is 102 cm³/mol. The Morgan fingerprint density at radius 2 is 1.89 bits per heavy atom. The lowest BCUT2D eigenvalue weighted by Crippen LogP contribution is -2.13. The number of H-pyrrole nitrogens is 1. The topological polar surface area (TPSA) is 119 Å². The Morgan fingerprint density at radius 3 is 2.59 bits per heavy atom. The maximum absolute atomic E-state index is 12.7. The summed E-state index contributed by atoms with van der Waals surface area (Å²) in [6, 6.07) is 13.2. The van der Waals surface area contributed by atoms with Gasteiger partial charge in [0.25, 0.3) is 5.69 Å². The number of nitro groups is 1. The van der Waals surface area contributed by atoms with Gasteiger partial charge in [-0.05, 0) is 31.2 Å². The standard InChI is InChI=1S/C17H12N6O3S/c1-10-15(20-19-11-6-8-12(9-7-11)23(25)26)16(24)22(21-10)17-18-13-4-2-3-5-14(13)27-17/h2-9,21H,1H3. The fourth-order valence-corrected chi connectivity index (χ4v) is 3.42. The summed E-state index contributed by atoms with van der Waals surface area (Å²) in [7, 11) is 0. The fraction of sp³-hybridized carbons (Fsp3) is 0.0588. The zero-order valence-corrected chi connectivity index (χ0v) is 14.8.